The summed E-state index contributed by atoms with van der Waals surface area (Å²) in [7, 11) is 0. The number of hydrogen-bond donors (Lipinski definition) is 0. The second-order valence-electron chi connectivity index (χ2n) is 5.46. The van der Waals surface area contributed by atoms with E-state index in [4.69, 9.17) is 0 Å². The molecule has 1 aliphatic rings. The van der Waals surface area contributed by atoms with Gasteiger partial charge in [-0.3, -0.25) is 4.90 Å². The van der Waals surface area contributed by atoms with Gasteiger partial charge in [0, 0.05) is 18.1 Å². The summed E-state index contributed by atoms with van der Waals surface area (Å²) in [5.41, 5.74) is 0.891. The third kappa shape index (κ3) is 1.44. The molecule has 0 saturated carbocycles. The number of likely N-dealkylation sites (tertiary alicyclic amines) is 1. The van der Waals surface area contributed by atoms with Gasteiger partial charge < -0.3 is 0 Å². The van der Waals surface area contributed by atoms with Gasteiger partial charge in [-0.2, -0.15) is 0 Å². The second-order valence-corrected chi connectivity index (χ2v) is 5.46. The topological polar surface area (TPSA) is 3.24 Å². The molecule has 0 amide bonds. The zero-order chi connectivity index (χ0) is 8.86. The molecule has 1 fully saturated rings. The van der Waals surface area contributed by atoms with Crippen molar-refractivity contribution in [1.29, 1.82) is 0 Å². The molecular formula is C10H21N. The molecular weight excluding hydrogens is 134 g/mol. The van der Waals surface area contributed by atoms with Crippen molar-refractivity contribution in [1.82, 2.24) is 4.90 Å². The average Bonchev–Trinajstić information content (AvgIpc) is 1.80. The maximum atomic E-state index is 2.56. The van der Waals surface area contributed by atoms with E-state index in [1.54, 1.807) is 0 Å². The summed E-state index contributed by atoms with van der Waals surface area (Å²) >= 11 is 0. The lowest BCUT2D eigenvalue weighted by Crippen LogP contribution is -2.66. The van der Waals surface area contributed by atoms with E-state index in [9.17, 15) is 0 Å². The average molecular weight is 155 g/mol. The summed E-state index contributed by atoms with van der Waals surface area (Å²) in [5.74, 6) is 0. The van der Waals surface area contributed by atoms with Crippen molar-refractivity contribution >= 4 is 0 Å². The largest absolute Gasteiger partial charge is 0.295 e. The van der Waals surface area contributed by atoms with Crippen LogP contribution in [0.15, 0.2) is 0 Å². The Labute approximate surface area is 70.8 Å². The highest BCUT2D eigenvalue weighted by atomic mass is 15.3. The second kappa shape index (κ2) is 2.22. The van der Waals surface area contributed by atoms with Crippen LogP contribution < -0.4 is 0 Å². The summed E-state index contributed by atoms with van der Waals surface area (Å²) in [6, 6.07) is 0.738. The molecule has 1 unspecified atom stereocenters. The summed E-state index contributed by atoms with van der Waals surface area (Å²) in [5, 5.41) is 0. The quantitative estimate of drug-likeness (QED) is 0.519. The molecule has 11 heavy (non-hydrogen) atoms. The van der Waals surface area contributed by atoms with Crippen LogP contribution in [0.3, 0.4) is 0 Å². The maximum Gasteiger partial charge on any atom is 0.0136 e. The van der Waals surface area contributed by atoms with Crippen LogP contribution in [0.25, 0.3) is 0 Å². The first-order valence-electron chi connectivity index (χ1n) is 4.52. The van der Waals surface area contributed by atoms with Crippen LogP contribution >= 0.6 is 0 Å². The van der Waals surface area contributed by atoms with E-state index >= 15 is 0 Å². The van der Waals surface area contributed by atoms with Crippen LogP contribution in [-0.4, -0.2) is 23.0 Å². The summed E-state index contributed by atoms with van der Waals surface area (Å²) in [4.78, 5) is 2.56. The van der Waals surface area contributed by atoms with E-state index < -0.39 is 0 Å². The fraction of sp³-hybridized carbons (Fsp3) is 1.00. The maximum absolute atomic E-state index is 2.56. The summed E-state index contributed by atoms with van der Waals surface area (Å²) in [6.45, 7) is 15.1. The lowest BCUT2D eigenvalue weighted by molar-refractivity contribution is -0.0952. The summed E-state index contributed by atoms with van der Waals surface area (Å²) in [6.07, 6.45) is 0. The van der Waals surface area contributed by atoms with Crippen molar-refractivity contribution in [3.8, 4) is 0 Å². The third-order valence-electron chi connectivity index (χ3n) is 3.04. The zero-order valence-electron chi connectivity index (χ0n) is 8.73. The fourth-order valence-electron chi connectivity index (χ4n) is 1.84. The predicted molar refractivity (Wildman–Crippen MR) is 49.7 cm³/mol. The van der Waals surface area contributed by atoms with Gasteiger partial charge in [-0.15, -0.1) is 0 Å². The first-order valence-corrected chi connectivity index (χ1v) is 4.52. The van der Waals surface area contributed by atoms with Gasteiger partial charge in [-0.1, -0.05) is 13.8 Å². The Morgan fingerprint density at radius 3 is 1.82 bits per heavy atom. The monoisotopic (exact) mass is 155 g/mol. The van der Waals surface area contributed by atoms with E-state index in [1.165, 1.54) is 6.54 Å². The van der Waals surface area contributed by atoms with Crippen molar-refractivity contribution in [2.45, 2.75) is 53.1 Å². The van der Waals surface area contributed by atoms with E-state index in [1.807, 2.05) is 0 Å². The molecule has 0 spiro atoms. The van der Waals surface area contributed by atoms with Gasteiger partial charge in [0.1, 0.15) is 0 Å². The smallest absolute Gasteiger partial charge is 0.0136 e. The minimum Gasteiger partial charge on any atom is -0.295 e. The van der Waals surface area contributed by atoms with Crippen molar-refractivity contribution in [3.63, 3.8) is 0 Å². The SMILES string of the molecule is CC1N(C(C)(C)C)CC1(C)C. The third-order valence-corrected chi connectivity index (χ3v) is 3.04. The molecule has 1 saturated heterocycles. The molecule has 1 heteroatoms. The molecule has 0 aromatic heterocycles. The van der Waals surface area contributed by atoms with Crippen LogP contribution in [0.4, 0.5) is 0 Å². The fourth-order valence-corrected chi connectivity index (χ4v) is 1.84. The van der Waals surface area contributed by atoms with Gasteiger partial charge in [0.15, 0.2) is 0 Å². The highest BCUT2D eigenvalue weighted by molar-refractivity contribution is 5.00. The Morgan fingerprint density at radius 1 is 1.27 bits per heavy atom. The molecule has 0 aromatic carbocycles. The Hall–Kier alpha value is -0.0400. The minimum atomic E-state index is 0.356. The highest BCUT2D eigenvalue weighted by Gasteiger charge is 2.46. The van der Waals surface area contributed by atoms with Crippen molar-refractivity contribution < 1.29 is 0 Å². The zero-order valence-corrected chi connectivity index (χ0v) is 8.73. The van der Waals surface area contributed by atoms with Gasteiger partial charge >= 0.3 is 0 Å². The van der Waals surface area contributed by atoms with Crippen molar-refractivity contribution in [3.05, 3.63) is 0 Å². The summed E-state index contributed by atoms with van der Waals surface area (Å²) < 4.78 is 0. The van der Waals surface area contributed by atoms with Crippen LogP contribution in [-0.2, 0) is 0 Å². The normalized spacial score (nSPS) is 31.6. The van der Waals surface area contributed by atoms with Gasteiger partial charge in [0.2, 0.25) is 0 Å². The van der Waals surface area contributed by atoms with Gasteiger partial charge in [-0.05, 0) is 33.1 Å². The Bertz CT molecular complexity index is 153. The molecule has 1 nitrogen and oxygen atoms in total. The van der Waals surface area contributed by atoms with Crippen LogP contribution in [0.2, 0.25) is 0 Å². The van der Waals surface area contributed by atoms with Gasteiger partial charge in [0.25, 0.3) is 0 Å². The molecule has 0 aromatic rings. The van der Waals surface area contributed by atoms with Crippen LogP contribution in [0.5, 0.6) is 0 Å². The molecule has 1 rings (SSSR count). The van der Waals surface area contributed by atoms with E-state index in [0.29, 0.717) is 11.0 Å². The lowest BCUT2D eigenvalue weighted by Gasteiger charge is -2.58. The van der Waals surface area contributed by atoms with Crippen LogP contribution in [0.1, 0.15) is 41.5 Å². The molecule has 0 aliphatic carbocycles. The van der Waals surface area contributed by atoms with E-state index in [2.05, 4.69) is 46.4 Å². The molecule has 1 aliphatic heterocycles. The molecule has 66 valence electrons. The predicted octanol–water partition coefficient (Wildman–Crippen LogP) is 2.52. The standard InChI is InChI=1S/C10H21N/c1-8-10(5,6)7-11(8)9(2,3)4/h8H,7H2,1-6H3. The number of rotatable bonds is 0. The Balaban J connectivity index is 2.59. The van der Waals surface area contributed by atoms with Gasteiger partial charge in [-0.25, -0.2) is 0 Å². The van der Waals surface area contributed by atoms with Crippen molar-refractivity contribution in [2.24, 2.45) is 5.41 Å². The lowest BCUT2D eigenvalue weighted by atomic mass is 9.73. The molecule has 0 radical (unpaired) electrons. The highest BCUT2D eigenvalue weighted by Crippen LogP contribution is 2.40. The first kappa shape index (κ1) is 9.05. The van der Waals surface area contributed by atoms with Gasteiger partial charge in [0.05, 0.1) is 0 Å². The molecule has 0 N–H and O–H groups in total. The number of hydrogen-bond acceptors (Lipinski definition) is 1. The van der Waals surface area contributed by atoms with E-state index in [0.717, 1.165) is 6.04 Å². The number of nitrogens with zero attached hydrogens (tertiary/aromatic N) is 1. The molecule has 1 heterocycles. The molecule has 0 bridgehead atoms. The van der Waals surface area contributed by atoms with Crippen LogP contribution in [0, 0.1) is 5.41 Å². The first-order chi connectivity index (χ1) is 4.75. The minimum absolute atomic E-state index is 0.356. The Kier molecular flexibility index (Phi) is 1.83. The van der Waals surface area contributed by atoms with Crippen molar-refractivity contribution in [2.75, 3.05) is 6.54 Å². The Morgan fingerprint density at radius 2 is 1.73 bits per heavy atom. The van der Waals surface area contributed by atoms with E-state index in [-0.39, 0.29) is 0 Å². The molecule has 1 atom stereocenters.